The van der Waals surface area contributed by atoms with Crippen molar-refractivity contribution in [2.24, 2.45) is 4.99 Å². The Morgan fingerprint density at radius 2 is 1.66 bits per heavy atom. The molecule has 162 valence electrons. The first-order valence-corrected chi connectivity index (χ1v) is 10.7. The predicted molar refractivity (Wildman–Crippen MR) is 116 cm³/mol. The molecule has 2 N–H and O–H groups in total. The smallest absolute Gasteiger partial charge is 0.191 e. The number of anilines is 1. The summed E-state index contributed by atoms with van der Waals surface area (Å²) < 4.78 is 19.3. The van der Waals surface area contributed by atoms with Gasteiger partial charge in [-0.1, -0.05) is 12.1 Å². The molecule has 2 aliphatic heterocycles. The second-order valence-corrected chi connectivity index (χ2v) is 7.51. The molecule has 2 heterocycles. The molecule has 0 radical (unpaired) electrons. The summed E-state index contributed by atoms with van der Waals surface area (Å²) in [6.07, 6.45) is 1.06. The summed E-state index contributed by atoms with van der Waals surface area (Å²) in [7, 11) is 1.81. The molecule has 1 aromatic carbocycles. The topological polar surface area (TPSA) is 55.4 Å². The molecule has 2 aliphatic rings. The highest BCUT2D eigenvalue weighted by molar-refractivity contribution is 5.79. The minimum absolute atomic E-state index is 0.127. The zero-order valence-electron chi connectivity index (χ0n) is 17.6. The second-order valence-electron chi connectivity index (χ2n) is 7.51. The summed E-state index contributed by atoms with van der Waals surface area (Å²) in [4.78, 5) is 11.3. The lowest BCUT2D eigenvalue weighted by molar-refractivity contribution is 0.0389. The van der Waals surface area contributed by atoms with E-state index in [1.165, 1.54) is 6.07 Å². The van der Waals surface area contributed by atoms with Crippen LogP contribution in [0.4, 0.5) is 10.1 Å². The number of hydrogen-bond acceptors (Lipinski definition) is 5. The minimum atomic E-state index is -0.127. The van der Waals surface area contributed by atoms with Crippen molar-refractivity contribution in [1.29, 1.82) is 0 Å². The largest absolute Gasteiger partial charge is 0.379 e. The average molecular weight is 407 g/mol. The summed E-state index contributed by atoms with van der Waals surface area (Å²) in [6, 6.07) is 7.05. The molecule has 2 fully saturated rings. The number of ether oxygens (including phenoxy) is 1. The van der Waals surface area contributed by atoms with Crippen molar-refractivity contribution in [2.45, 2.75) is 6.42 Å². The minimum Gasteiger partial charge on any atom is -0.379 e. The fraction of sp³-hybridized carbons (Fsp3) is 0.667. The van der Waals surface area contributed by atoms with Gasteiger partial charge in [0.25, 0.3) is 0 Å². The third-order valence-corrected chi connectivity index (χ3v) is 5.56. The Morgan fingerprint density at radius 3 is 2.38 bits per heavy atom. The lowest BCUT2D eigenvalue weighted by atomic mass is 10.2. The quantitative estimate of drug-likeness (QED) is 0.379. The Labute approximate surface area is 173 Å². The Morgan fingerprint density at radius 1 is 0.966 bits per heavy atom. The normalized spacial score (nSPS) is 19.4. The molecule has 2 saturated heterocycles. The molecule has 8 heteroatoms. The number of aliphatic imine (C=N–C) groups is 1. The third kappa shape index (κ3) is 7.13. The molecule has 0 aliphatic carbocycles. The zero-order chi connectivity index (χ0) is 20.3. The monoisotopic (exact) mass is 406 g/mol. The van der Waals surface area contributed by atoms with Crippen LogP contribution in [0.2, 0.25) is 0 Å². The fourth-order valence-electron chi connectivity index (χ4n) is 3.81. The standard InChI is InChI=1S/C21H35FN6O/c1-23-21(25-8-10-27-15-17-29-18-16-27)24-7-4-9-26-11-13-28(14-12-26)20-6-3-2-5-19(20)22/h2-3,5-6H,4,7-18H2,1H3,(H2,23,24,25). The number of guanidine groups is 1. The van der Waals surface area contributed by atoms with E-state index in [0.717, 1.165) is 96.7 Å². The molecule has 0 aromatic heterocycles. The number of nitrogens with zero attached hydrogens (tertiary/aromatic N) is 4. The molecule has 0 spiro atoms. The number of rotatable bonds is 8. The van der Waals surface area contributed by atoms with Gasteiger partial charge in [0.15, 0.2) is 5.96 Å². The third-order valence-electron chi connectivity index (χ3n) is 5.56. The van der Waals surface area contributed by atoms with Crippen LogP contribution >= 0.6 is 0 Å². The Hall–Kier alpha value is -1.90. The van der Waals surface area contributed by atoms with Crippen LogP contribution in [0, 0.1) is 5.82 Å². The first kappa shape index (κ1) is 21.8. The van der Waals surface area contributed by atoms with Gasteiger partial charge >= 0.3 is 0 Å². The fourth-order valence-corrected chi connectivity index (χ4v) is 3.81. The zero-order valence-corrected chi connectivity index (χ0v) is 17.6. The van der Waals surface area contributed by atoms with Crippen LogP contribution in [0.3, 0.4) is 0 Å². The number of nitrogens with one attached hydrogen (secondary N) is 2. The van der Waals surface area contributed by atoms with Gasteiger partial charge in [-0.25, -0.2) is 4.39 Å². The molecule has 7 nitrogen and oxygen atoms in total. The number of para-hydroxylation sites is 1. The van der Waals surface area contributed by atoms with Gasteiger partial charge in [0.05, 0.1) is 18.9 Å². The molecular weight excluding hydrogens is 371 g/mol. The maximum atomic E-state index is 13.9. The van der Waals surface area contributed by atoms with E-state index in [1.807, 2.05) is 19.2 Å². The van der Waals surface area contributed by atoms with E-state index in [2.05, 4.69) is 30.3 Å². The van der Waals surface area contributed by atoms with Gasteiger partial charge in [0, 0.05) is 66.0 Å². The number of morpholine rings is 1. The molecule has 0 saturated carbocycles. The van der Waals surface area contributed by atoms with Crippen LogP contribution in [0.15, 0.2) is 29.3 Å². The molecule has 0 atom stereocenters. The van der Waals surface area contributed by atoms with Crippen molar-refractivity contribution >= 4 is 11.6 Å². The molecule has 1 aromatic rings. The van der Waals surface area contributed by atoms with Gasteiger partial charge in [-0.3, -0.25) is 14.8 Å². The van der Waals surface area contributed by atoms with Crippen LogP contribution in [-0.2, 0) is 4.74 Å². The van der Waals surface area contributed by atoms with Crippen molar-refractivity contribution in [2.75, 3.05) is 90.6 Å². The molecule has 0 unspecified atom stereocenters. The van der Waals surface area contributed by atoms with Crippen molar-refractivity contribution in [1.82, 2.24) is 20.4 Å². The van der Waals surface area contributed by atoms with Crippen molar-refractivity contribution < 1.29 is 9.13 Å². The van der Waals surface area contributed by atoms with E-state index in [9.17, 15) is 4.39 Å². The number of halogens is 1. The van der Waals surface area contributed by atoms with Gasteiger partial charge in [-0.15, -0.1) is 0 Å². The summed E-state index contributed by atoms with van der Waals surface area (Å²) in [5, 5.41) is 6.78. The summed E-state index contributed by atoms with van der Waals surface area (Å²) in [6.45, 7) is 11.2. The van der Waals surface area contributed by atoms with Crippen LogP contribution in [0.5, 0.6) is 0 Å². The van der Waals surface area contributed by atoms with Crippen LogP contribution < -0.4 is 15.5 Å². The van der Waals surface area contributed by atoms with Gasteiger partial charge in [0.2, 0.25) is 0 Å². The van der Waals surface area contributed by atoms with Crippen LogP contribution in [-0.4, -0.2) is 101 Å². The second kappa shape index (κ2) is 11.9. The molecule has 29 heavy (non-hydrogen) atoms. The van der Waals surface area contributed by atoms with E-state index in [0.29, 0.717) is 0 Å². The van der Waals surface area contributed by atoms with Gasteiger partial charge in [-0.2, -0.15) is 0 Å². The first-order valence-electron chi connectivity index (χ1n) is 10.7. The average Bonchev–Trinajstić information content (AvgIpc) is 2.77. The van der Waals surface area contributed by atoms with Gasteiger partial charge < -0.3 is 20.3 Å². The van der Waals surface area contributed by atoms with Gasteiger partial charge in [0.1, 0.15) is 5.82 Å². The predicted octanol–water partition coefficient (Wildman–Crippen LogP) is 0.835. The van der Waals surface area contributed by atoms with Crippen molar-refractivity contribution in [3.05, 3.63) is 30.1 Å². The number of piperazine rings is 1. The number of hydrogen-bond donors (Lipinski definition) is 2. The Kier molecular flexibility index (Phi) is 8.98. The summed E-state index contributed by atoms with van der Waals surface area (Å²) in [5.41, 5.74) is 0.723. The van der Waals surface area contributed by atoms with E-state index >= 15 is 0 Å². The van der Waals surface area contributed by atoms with Crippen LogP contribution in [0.1, 0.15) is 6.42 Å². The molecule has 3 rings (SSSR count). The summed E-state index contributed by atoms with van der Waals surface area (Å²) in [5.74, 6) is 0.736. The maximum absolute atomic E-state index is 13.9. The Balaban J connectivity index is 1.26. The highest BCUT2D eigenvalue weighted by Crippen LogP contribution is 2.20. The van der Waals surface area contributed by atoms with Crippen molar-refractivity contribution in [3.8, 4) is 0 Å². The lowest BCUT2D eigenvalue weighted by Gasteiger charge is -2.36. The maximum Gasteiger partial charge on any atom is 0.191 e. The lowest BCUT2D eigenvalue weighted by Crippen LogP contribution is -2.47. The summed E-state index contributed by atoms with van der Waals surface area (Å²) >= 11 is 0. The van der Waals surface area contributed by atoms with Crippen molar-refractivity contribution in [3.63, 3.8) is 0 Å². The van der Waals surface area contributed by atoms with E-state index in [1.54, 1.807) is 6.07 Å². The first-order chi connectivity index (χ1) is 14.3. The van der Waals surface area contributed by atoms with E-state index in [4.69, 9.17) is 4.74 Å². The Bertz CT molecular complexity index is 629. The number of benzene rings is 1. The molecule has 0 amide bonds. The molecular formula is C21H35FN6O. The van der Waals surface area contributed by atoms with E-state index < -0.39 is 0 Å². The highest BCUT2D eigenvalue weighted by Gasteiger charge is 2.18. The SMILES string of the molecule is CN=C(NCCCN1CCN(c2ccccc2F)CC1)NCCN1CCOCC1. The van der Waals surface area contributed by atoms with Gasteiger partial charge in [-0.05, 0) is 25.1 Å². The molecule has 0 bridgehead atoms. The highest BCUT2D eigenvalue weighted by atomic mass is 19.1. The van der Waals surface area contributed by atoms with Crippen LogP contribution in [0.25, 0.3) is 0 Å². The van der Waals surface area contributed by atoms with E-state index in [-0.39, 0.29) is 5.82 Å².